The number of aliphatic hydroxyl groups excluding tert-OH is 1. The van der Waals surface area contributed by atoms with Crippen LogP contribution in [-0.4, -0.2) is 15.1 Å². The third-order valence-corrected chi connectivity index (χ3v) is 1.42. The second kappa shape index (κ2) is 2.26. The molecule has 0 saturated carbocycles. The number of hydrogen-bond acceptors (Lipinski definition) is 6. The lowest BCUT2D eigenvalue weighted by molar-refractivity contribution is 0.417. The minimum absolute atomic E-state index is 0.0240. The molecule has 2 heterocycles. The average Bonchev–Trinajstić information content (AvgIpc) is 2.05. The largest absolute Gasteiger partial charge is 0.494 e. The Bertz CT molecular complexity index is 348. The van der Waals surface area contributed by atoms with Crippen LogP contribution in [0.4, 0.5) is 17.5 Å². The highest BCUT2D eigenvalue weighted by atomic mass is 16.3. The van der Waals surface area contributed by atoms with Crippen molar-refractivity contribution in [2.75, 3.05) is 16.4 Å². The molecule has 0 unspecified atom stereocenters. The van der Waals surface area contributed by atoms with E-state index in [9.17, 15) is 0 Å². The van der Waals surface area contributed by atoms with Crippen molar-refractivity contribution in [1.29, 1.82) is 0 Å². The number of nitrogen functional groups attached to an aromatic ring is 1. The summed E-state index contributed by atoms with van der Waals surface area (Å²) in [7, 11) is 0. The molecule has 0 fully saturated rings. The molecular weight excluding hydrogens is 158 g/mol. The van der Waals surface area contributed by atoms with Gasteiger partial charge in [-0.15, -0.1) is 0 Å². The maximum atomic E-state index is 9.03. The van der Waals surface area contributed by atoms with E-state index < -0.39 is 0 Å². The summed E-state index contributed by atoms with van der Waals surface area (Å²) in [5, 5.41) is 14.4. The minimum atomic E-state index is 0.0240. The Morgan fingerprint density at radius 3 is 3.17 bits per heavy atom. The van der Waals surface area contributed by atoms with Crippen molar-refractivity contribution >= 4 is 17.5 Å². The summed E-state index contributed by atoms with van der Waals surface area (Å²) < 4.78 is 0. The van der Waals surface area contributed by atoms with E-state index in [4.69, 9.17) is 10.8 Å². The zero-order chi connectivity index (χ0) is 8.55. The summed E-state index contributed by atoms with van der Waals surface area (Å²) in [5.41, 5.74) is 5.94. The number of rotatable bonds is 0. The Morgan fingerprint density at radius 1 is 1.50 bits per heavy atom. The normalized spacial score (nSPS) is 13.8. The predicted octanol–water partition coefficient (Wildman–Crippen LogP) is 0.253. The summed E-state index contributed by atoms with van der Waals surface area (Å²) in [5.74, 6) is 0.772. The molecule has 0 spiro atoms. The van der Waals surface area contributed by atoms with Crippen LogP contribution in [0, 0.1) is 0 Å². The molecular formula is C6H7N5O. The molecule has 0 radical (unpaired) electrons. The average molecular weight is 165 g/mol. The van der Waals surface area contributed by atoms with Gasteiger partial charge in [-0.2, -0.15) is 4.98 Å². The summed E-state index contributed by atoms with van der Waals surface area (Å²) in [6.07, 6.45) is 2.88. The maximum Gasteiger partial charge on any atom is 0.222 e. The fraction of sp³-hybridized carbons (Fsp3) is 0. The van der Waals surface area contributed by atoms with E-state index in [2.05, 4.69) is 20.6 Å². The lowest BCUT2D eigenvalue weighted by atomic mass is 10.4. The van der Waals surface area contributed by atoms with Gasteiger partial charge in [0, 0.05) is 0 Å². The number of aliphatic hydroxyl groups is 1. The van der Waals surface area contributed by atoms with E-state index in [1.165, 1.54) is 12.4 Å². The van der Waals surface area contributed by atoms with Crippen molar-refractivity contribution in [3.8, 4) is 0 Å². The van der Waals surface area contributed by atoms with Crippen LogP contribution in [0.25, 0.3) is 0 Å². The van der Waals surface area contributed by atoms with Crippen molar-refractivity contribution < 1.29 is 5.11 Å². The molecule has 0 saturated heterocycles. The lowest BCUT2D eigenvalue weighted by Gasteiger charge is -2.14. The fourth-order valence-electron chi connectivity index (χ4n) is 0.908. The van der Waals surface area contributed by atoms with Crippen LogP contribution < -0.4 is 16.4 Å². The highest BCUT2D eigenvalue weighted by molar-refractivity contribution is 5.69. The third kappa shape index (κ3) is 0.986. The summed E-state index contributed by atoms with van der Waals surface area (Å²) in [6, 6.07) is 0. The Labute approximate surface area is 68.1 Å². The van der Waals surface area contributed by atoms with Crippen molar-refractivity contribution in [1.82, 2.24) is 9.97 Å². The molecule has 0 aromatic carbocycles. The number of nitrogens with two attached hydrogens (primary N) is 1. The fourth-order valence-corrected chi connectivity index (χ4v) is 0.908. The maximum absolute atomic E-state index is 9.03. The van der Waals surface area contributed by atoms with Crippen LogP contribution in [0.3, 0.4) is 0 Å². The zero-order valence-corrected chi connectivity index (χ0v) is 6.07. The van der Waals surface area contributed by atoms with E-state index in [1.807, 2.05) is 0 Å². The van der Waals surface area contributed by atoms with Crippen molar-refractivity contribution in [3.63, 3.8) is 0 Å². The smallest absolute Gasteiger partial charge is 0.222 e. The molecule has 0 bridgehead atoms. The standard InChI is InChI=1S/C6H7N5O/c7-6-9-1-3-5(11-6)8-2-4(12)10-3/h1-2,10,12H,(H3,7,8,9,11). The van der Waals surface area contributed by atoms with Gasteiger partial charge in [-0.1, -0.05) is 0 Å². The number of fused-ring (bicyclic) bond motifs is 1. The first-order valence-corrected chi connectivity index (χ1v) is 3.31. The van der Waals surface area contributed by atoms with E-state index in [0.717, 1.165) is 0 Å². The van der Waals surface area contributed by atoms with E-state index in [1.54, 1.807) is 0 Å². The number of aromatic nitrogens is 2. The van der Waals surface area contributed by atoms with E-state index in [0.29, 0.717) is 11.5 Å². The van der Waals surface area contributed by atoms with Gasteiger partial charge in [0.2, 0.25) is 11.8 Å². The van der Waals surface area contributed by atoms with Gasteiger partial charge in [0.15, 0.2) is 5.82 Å². The molecule has 1 aromatic heterocycles. The molecule has 0 atom stereocenters. The van der Waals surface area contributed by atoms with Gasteiger partial charge in [0.25, 0.3) is 0 Å². The lowest BCUT2D eigenvalue weighted by Crippen LogP contribution is -2.12. The quantitative estimate of drug-likeness (QED) is 0.440. The third-order valence-electron chi connectivity index (χ3n) is 1.42. The second-order valence-corrected chi connectivity index (χ2v) is 2.29. The molecule has 12 heavy (non-hydrogen) atoms. The predicted molar refractivity (Wildman–Crippen MR) is 44.4 cm³/mol. The number of hydrogen-bond donors (Lipinski definition) is 4. The first-order valence-electron chi connectivity index (χ1n) is 3.31. The topological polar surface area (TPSA) is 96.1 Å². The van der Waals surface area contributed by atoms with Crippen LogP contribution >= 0.6 is 0 Å². The van der Waals surface area contributed by atoms with Gasteiger partial charge in [0.05, 0.1) is 12.4 Å². The molecule has 0 aliphatic carbocycles. The summed E-state index contributed by atoms with van der Waals surface area (Å²) >= 11 is 0. The Hall–Kier alpha value is -1.98. The first-order chi connectivity index (χ1) is 5.75. The van der Waals surface area contributed by atoms with Crippen LogP contribution in [0.15, 0.2) is 18.3 Å². The van der Waals surface area contributed by atoms with Crippen molar-refractivity contribution in [2.45, 2.75) is 0 Å². The van der Waals surface area contributed by atoms with Crippen LogP contribution in [0.2, 0.25) is 0 Å². The Balaban J connectivity index is 2.43. The van der Waals surface area contributed by atoms with E-state index in [-0.39, 0.29) is 11.8 Å². The molecule has 6 heteroatoms. The highest BCUT2D eigenvalue weighted by Gasteiger charge is 2.10. The molecule has 62 valence electrons. The molecule has 5 N–H and O–H groups in total. The first kappa shape index (κ1) is 6.71. The zero-order valence-electron chi connectivity index (χ0n) is 6.07. The second-order valence-electron chi connectivity index (χ2n) is 2.29. The number of nitrogens with one attached hydrogen (secondary N) is 2. The van der Waals surface area contributed by atoms with Gasteiger partial charge < -0.3 is 21.5 Å². The Kier molecular flexibility index (Phi) is 1.26. The van der Waals surface area contributed by atoms with Crippen LogP contribution in [-0.2, 0) is 0 Å². The summed E-state index contributed by atoms with van der Waals surface area (Å²) in [4.78, 5) is 7.64. The Morgan fingerprint density at radius 2 is 2.33 bits per heavy atom. The SMILES string of the molecule is Nc1ncc2c(n1)NC=C(O)N2. The van der Waals surface area contributed by atoms with Crippen LogP contribution in [0.5, 0.6) is 0 Å². The number of anilines is 3. The molecule has 1 aliphatic heterocycles. The van der Waals surface area contributed by atoms with Crippen molar-refractivity contribution in [3.05, 3.63) is 18.3 Å². The molecule has 0 amide bonds. The van der Waals surface area contributed by atoms with Gasteiger partial charge in [-0.3, -0.25) is 0 Å². The molecule has 6 nitrogen and oxygen atoms in total. The minimum Gasteiger partial charge on any atom is -0.494 e. The number of nitrogens with zero attached hydrogens (tertiary/aromatic N) is 2. The molecule has 2 rings (SSSR count). The van der Waals surface area contributed by atoms with Crippen LogP contribution in [0.1, 0.15) is 0 Å². The van der Waals surface area contributed by atoms with Gasteiger partial charge in [-0.25, -0.2) is 4.98 Å². The van der Waals surface area contributed by atoms with Crippen molar-refractivity contribution in [2.24, 2.45) is 0 Å². The van der Waals surface area contributed by atoms with Gasteiger partial charge in [-0.05, 0) is 0 Å². The molecule has 1 aliphatic rings. The monoisotopic (exact) mass is 165 g/mol. The molecule has 1 aromatic rings. The highest BCUT2D eigenvalue weighted by Crippen LogP contribution is 2.22. The summed E-state index contributed by atoms with van der Waals surface area (Å²) in [6.45, 7) is 0. The van der Waals surface area contributed by atoms with E-state index >= 15 is 0 Å². The van der Waals surface area contributed by atoms with Gasteiger partial charge >= 0.3 is 0 Å². The van der Waals surface area contributed by atoms with Gasteiger partial charge in [0.1, 0.15) is 5.69 Å².